The van der Waals surface area contributed by atoms with E-state index in [1.807, 2.05) is 0 Å². The molecule has 1 aliphatic heterocycles. The molecule has 0 radical (unpaired) electrons. The summed E-state index contributed by atoms with van der Waals surface area (Å²) in [6, 6.07) is 3.71. The van der Waals surface area contributed by atoms with Crippen LogP contribution >= 0.6 is 0 Å². The van der Waals surface area contributed by atoms with Gasteiger partial charge in [-0.3, -0.25) is 0 Å². The number of rotatable bonds is 3. The minimum atomic E-state index is -4.77. The first kappa shape index (κ1) is 21.0. The van der Waals surface area contributed by atoms with Gasteiger partial charge in [-0.2, -0.15) is 0 Å². The Morgan fingerprint density at radius 3 is 2.27 bits per heavy atom. The van der Waals surface area contributed by atoms with Crippen LogP contribution in [0.5, 0.6) is 0 Å². The molecule has 1 unspecified atom stereocenters. The van der Waals surface area contributed by atoms with E-state index in [1.165, 1.54) is 19.1 Å². The van der Waals surface area contributed by atoms with Gasteiger partial charge in [-0.1, -0.05) is 0 Å². The van der Waals surface area contributed by atoms with Crippen molar-refractivity contribution in [2.45, 2.75) is 33.4 Å². The van der Waals surface area contributed by atoms with Crippen LogP contribution in [-0.4, -0.2) is 23.5 Å². The summed E-state index contributed by atoms with van der Waals surface area (Å²) in [6.07, 6.45) is -4.76. The summed E-state index contributed by atoms with van der Waals surface area (Å²) < 4.78 is 40.1. The first-order chi connectivity index (χ1) is 11.8. The quantitative estimate of drug-likeness (QED) is 0.727. The number of anilines is 1. The second-order valence-electron chi connectivity index (χ2n) is 6.91. The van der Waals surface area contributed by atoms with E-state index < -0.39 is 39.9 Å². The van der Waals surface area contributed by atoms with Gasteiger partial charge in [-0.05, 0) is 0 Å². The Kier molecular flexibility index (Phi) is 5.41. The molecule has 5 nitrogen and oxygen atoms in total. The molecule has 1 saturated heterocycles. The van der Waals surface area contributed by atoms with Gasteiger partial charge in [-0.25, -0.2) is 0 Å². The number of nitriles is 1. The molecule has 9 heteroatoms. The molecule has 1 aromatic rings. The van der Waals surface area contributed by atoms with Gasteiger partial charge in [0.2, 0.25) is 0 Å². The van der Waals surface area contributed by atoms with Gasteiger partial charge in [0, 0.05) is 0 Å². The van der Waals surface area contributed by atoms with Crippen LogP contribution in [0.4, 0.5) is 18.9 Å². The van der Waals surface area contributed by atoms with Crippen molar-refractivity contribution in [1.82, 2.24) is 0 Å². The van der Waals surface area contributed by atoms with Crippen molar-refractivity contribution in [1.29, 1.82) is 5.26 Å². The second-order valence-corrected chi connectivity index (χ2v) is 8.33. The first-order valence-electron chi connectivity index (χ1n) is 7.74. The van der Waals surface area contributed by atoms with Gasteiger partial charge in [0.1, 0.15) is 0 Å². The Morgan fingerprint density at radius 2 is 1.81 bits per heavy atom. The number of aliphatic hydroxyl groups excluding tert-OH is 1. The molecule has 26 heavy (non-hydrogen) atoms. The number of imide groups is 1. The first-order valence-corrected chi connectivity index (χ1v) is 9.16. The predicted octanol–water partition coefficient (Wildman–Crippen LogP) is 2.04. The molecule has 1 fully saturated rings. The van der Waals surface area contributed by atoms with E-state index >= 15 is 0 Å². The van der Waals surface area contributed by atoms with E-state index in [1.54, 1.807) is 13.8 Å². The maximum atomic E-state index is 13.4. The van der Waals surface area contributed by atoms with E-state index in [4.69, 9.17) is 5.26 Å². The number of benzene rings is 1. The Labute approximate surface area is 168 Å². The average Bonchev–Trinajstić information content (AvgIpc) is 2.65. The summed E-state index contributed by atoms with van der Waals surface area (Å²) in [5.74, 6) is -1.26. The number of alkyl halides is 3. The van der Waals surface area contributed by atoms with Crippen molar-refractivity contribution in [3.05, 3.63) is 23.3 Å². The fourth-order valence-electron chi connectivity index (χ4n) is 3.19. The number of hydrogen-bond donors (Lipinski definition) is 1. The average molecular weight is 442 g/mol. The molecular weight excluding hydrogens is 426 g/mol. The van der Waals surface area contributed by atoms with Gasteiger partial charge in [0.05, 0.1) is 0 Å². The zero-order valence-electron chi connectivity index (χ0n) is 14.4. The fourth-order valence-corrected chi connectivity index (χ4v) is 4.52. The van der Waals surface area contributed by atoms with Crippen LogP contribution in [0.3, 0.4) is 0 Å². The van der Waals surface area contributed by atoms with E-state index in [2.05, 4.69) is 0 Å². The fraction of sp³-hybridized carbons (Fsp3) is 0.471. The van der Waals surface area contributed by atoms with E-state index in [0.29, 0.717) is 0 Å². The standard InChI is InChI=1S/C17H16F3N2O3.Y/c1-15(2)13(24)22(14(25)16(15,3)6-7-23)11-5-4-10(9-21)12(8-11)17(18,19)20;/h4-5,23H,6-7H2,1-3H3;. The summed E-state index contributed by atoms with van der Waals surface area (Å²) >= 11 is -0.0372. The van der Waals surface area contributed by atoms with Crippen LogP contribution in [0.1, 0.15) is 38.3 Å². The minimum absolute atomic E-state index is 0.0131. The Bertz CT molecular complexity index is 830. The summed E-state index contributed by atoms with van der Waals surface area (Å²) in [4.78, 5) is 26.6. The third-order valence-electron chi connectivity index (χ3n) is 5.27. The van der Waals surface area contributed by atoms with Crippen molar-refractivity contribution < 1.29 is 58.8 Å². The number of aliphatic hydroxyl groups is 1. The number of carbonyl (C=O) groups is 2. The molecule has 0 bridgehead atoms. The number of halogens is 3. The van der Waals surface area contributed by atoms with Crippen molar-refractivity contribution in [2.75, 3.05) is 11.5 Å². The summed E-state index contributed by atoms with van der Waals surface area (Å²) in [5.41, 5.74) is -4.21. The van der Waals surface area contributed by atoms with E-state index in [9.17, 15) is 27.9 Å². The molecule has 0 aliphatic carbocycles. The monoisotopic (exact) mass is 442 g/mol. The van der Waals surface area contributed by atoms with Crippen LogP contribution < -0.4 is 7.27 Å². The predicted molar refractivity (Wildman–Crippen MR) is 81.9 cm³/mol. The summed E-state index contributed by atoms with van der Waals surface area (Å²) in [6.45, 7) is 4.29. The number of nitrogens with zero attached hydrogens (tertiary/aromatic N) is 2. The molecule has 136 valence electrons. The molecule has 0 saturated carbocycles. The van der Waals surface area contributed by atoms with Crippen molar-refractivity contribution in [3.8, 4) is 6.07 Å². The third kappa shape index (κ3) is 2.90. The molecule has 1 atom stereocenters. The maximum absolute atomic E-state index is 13.4. The molecule has 0 aromatic heterocycles. The third-order valence-corrected chi connectivity index (χ3v) is 6.71. The van der Waals surface area contributed by atoms with Gasteiger partial charge < -0.3 is 0 Å². The van der Waals surface area contributed by atoms with Gasteiger partial charge in [0.25, 0.3) is 0 Å². The molecule has 1 aromatic carbocycles. The van der Waals surface area contributed by atoms with Crippen molar-refractivity contribution >= 4 is 19.9 Å². The Balaban J connectivity index is 2.72. The zero-order valence-corrected chi connectivity index (χ0v) is 17.3. The molecule has 1 N–H and O–H groups in total. The van der Waals surface area contributed by atoms with Crippen molar-refractivity contribution in [3.63, 3.8) is 0 Å². The van der Waals surface area contributed by atoms with E-state index in [0.717, 1.165) is 11.0 Å². The topological polar surface area (TPSA) is 81.4 Å². The van der Waals surface area contributed by atoms with E-state index in [-0.39, 0.29) is 52.0 Å². The van der Waals surface area contributed by atoms with Crippen LogP contribution in [0.15, 0.2) is 12.1 Å². The SMILES string of the molecule is CC1(C)C(=O)N(c2ccc(C#N)c(C(F)(F)F)[c]2[Y])C(=O)C1(C)CCO. The summed E-state index contributed by atoms with van der Waals surface area (Å²) in [5, 5.41) is 18.3. The van der Waals surface area contributed by atoms with Crippen LogP contribution in [0.25, 0.3) is 0 Å². The summed E-state index contributed by atoms with van der Waals surface area (Å²) in [7, 11) is 0. The molecule has 1 heterocycles. The molecule has 0 spiro atoms. The van der Waals surface area contributed by atoms with Crippen molar-refractivity contribution in [2.24, 2.45) is 10.8 Å². The van der Waals surface area contributed by atoms with Gasteiger partial charge >= 0.3 is 169 Å². The van der Waals surface area contributed by atoms with Crippen LogP contribution in [0, 0.1) is 22.2 Å². The Morgan fingerprint density at radius 1 is 1.23 bits per heavy atom. The number of hydrogen-bond acceptors (Lipinski definition) is 4. The zero-order chi connectivity index (χ0) is 20.1. The second kappa shape index (κ2) is 6.70. The number of amides is 2. The normalized spacial score (nSPS) is 22.6. The molecular formula is C17H16F3N2O3Y. The van der Waals surface area contributed by atoms with Crippen LogP contribution in [-0.2, 0) is 46.7 Å². The number of carbonyl (C=O) groups excluding carboxylic acids is 2. The Hall–Kier alpha value is -1.30. The molecule has 2 amide bonds. The molecule has 2 rings (SSSR count). The van der Waals surface area contributed by atoms with Crippen LogP contribution in [0.2, 0.25) is 0 Å². The van der Waals surface area contributed by atoms with Gasteiger partial charge in [0.15, 0.2) is 0 Å². The van der Waals surface area contributed by atoms with Gasteiger partial charge in [-0.15, -0.1) is 0 Å². The molecule has 1 aliphatic rings.